The number of aliphatic hydroxyl groups excluding tert-OH is 1. The normalized spacial score (nSPS) is 15.8. The molecule has 2 rings (SSSR count). The van der Waals surface area contributed by atoms with Gasteiger partial charge in [0, 0.05) is 25.3 Å². The Morgan fingerprint density at radius 2 is 1.91 bits per heavy atom. The molecule has 0 bridgehead atoms. The summed E-state index contributed by atoms with van der Waals surface area (Å²) in [7, 11) is 0. The van der Waals surface area contributed by atoms with Crippen LogP contribution >= 0.6 is 0 Å². The molecule has 124 valence electrons. The Morgan fingerprint density at radius 3 is 2.35 bits per heavy atom. The molecule has 1 amide bonds. The third-order valence-electron chi connectivity index (χ3n) is 4.19. The van der Waals surface area contributed by atoms with Gasteiger partial charge in [0.15, 0.2) is 0 Å². The molecule has 0 saturated heterocycles. The Kier molecular flexibility index (Phi) is 5.11. The molecule has 4 heteroatoms. The fraction of sp³-hybridized carbons (Fsp3) is 0.579. The fourth-order valence-corrected chi connectivity index (χ4v) is 2.79. The first kappa shape index (κ1) is 17.5. The molecule has 1 aromatic carbocycles. The average Bonchev–Trinajstić information content (AvgIpc) is 3.31. The summed E-state index contributed by atoms with van der Waals surface area (Å²) < 4.78 is 0. The first-order valence-electron chi connectivity index (χ1n) is 8.23. The number of aliphatic hydroxyl groups is 1. The molecule has 1 saturated carbocycles. The van der Waals surface area contributed by atoms with Crippen LogP contribution in [0.5, 0.6) is 0 Å². The number of nitrogens with zero attached hydrogens (tertiary/aromatic N) is 2. The lowest BCUT2D eigenvalue weighted by Gasteiger charge is -2.30. The van der Waals surface area contributed by atoms with Gasteiger partial charge in [0.1, 0.15) is 0 Å². The Bertz CT molecular complexity index is 589. The van der Waals surface area contributed by atoms with E-state index in [0.29, 0.717) is 25.1 Å². The zero-order valence-corrected chi connectivity index (χ0v) is 14.3. The summed E-state index contributed by atoms with van der Waals surface area (Å²) in [6.07, 6.45) is 2.39. The number of rotatable bonds is 6. The van der Waals surface area contributed by atoms with Crippen molar-refractivity contribution in [3.63, 3.8) is 0 Å². The van der Waals surface area contributed by atoms with Gasteiger partial charge in [-0.2, -0.15) is 5.26 Å². The van der Waals surface area contributed by atoms with Crippen molar-refractivity contribution in [1.82, 2.24) is 4.90 Å². The minimum absolute atomic E-state index is 0.00390. The third-order valence-corrected chi connectivity index (χ3v) is 4.19. The van der Waals surface area contributed by atoms with Crippen LogP contribution in [-0.4, -0.2) is 35.6 Å². The van der Waals surface area contributed by atoms with Crippen LogP contribution in [0, 0.1) is 16.7 Å². The van der Waals surface area contributed by atoms with E-state index < -0.39 is 0 Å². The van der Waals surface area contributed by atoms with E-state index in [-0.39, 0.29) is 23.3 Å². The molecule has 1 fully saturated rings. The van der Waals surface area contributed by atoms with Crippen LogP contribution in [0.15, 0.2) is 24.3 Å². The van der Waals surface area contributed by atoms with E-state index in [4.69, 9.17) is 5.11 Å². The van der Waals surface area contributed by atoms with Crippen molar-refractivity contribution < 1.29 is 9.90 Å². The van der Waals surface area contributed by atoms with Crippen molar-refractivity contribution in [3.05, 3.63) is 35.4 Å². The van der Waals surface area contributed by atoms with Gasteiger partial charge in [-0.25, -0.2) is 0 Å². The molecule has 23 heavy (non-hydrogen) atoms. The summed E-state index contributed by atoms with van der Waals surface area (Å²) in [6, 6.07) is 9.84. The number of nitriles is 1. The van der Waals surface area contributed by atoms with Gasteiger partial charge in [0.2, 0.25) is 0 Å². The van der Waals surface area contributed by atoms with Crippen LogP contribution in [-0.2, 0) is 5.41 Å². The zero-order chi connectivity index (χ0) is 17.1. The second kappa shape index (κ2) is 6.72. The lowest BCUT2D eigenvalue weighted by molar-refractivity contribution is 0.0682. The van der Waals surface area contributed by atoms with E-state index in [1.807, 2.05) is 29.2 Å². The van der Waals surface area contributed by atoms with Crippen molar-refractivity contribution in [3.8, 4) is 6.07 Å². The summed E-state index contributed by atoms with van der Waals surface area (Å²) in [5.74, 6) is -0.0123. The lowest BCUT2D eigenvalue weighted by Crippen LogP contribution is -2.38. The Hall–Kier alpha value is -1.86. The summed E-state index contributed by atoms with van der Waals surface area (Å²) in [4.78, 5) is 14.6. The van der Waals surface area contributed by atoms with Crippen molar-refractivity contribution in [1.29, 1.82) is 5.26 Å². The monoisotopic (exact) mass is 314 g/mol. The van der Waals surface area contributed by atoms with Gasteiger partial charge >= 0.3 is 0 Å². The van der Waals surface area contributed by atoms with Crippen LogP contribution in [0.25, 0.3) is 0 Å². The molecular weight excluding hydrogens is 288 g/mol. The van der Waals surface area contributed by atoms with Crippen LogP contribution in [0.3, 0.4) is 0 Å². The first-order valence-corrected chi connectivity index (χ1v) is 8.23. The van der Waals surface area contributed by atoms with Crippen LogP contribution in [0.4, 0.5) is 0 Å². The summed E-state index contributed by atoms with van der Waals surface area (Å²) in [5.41, 5.74) is 1.34. The van der Waals surface area contributed by atoms with Crippen LogP contribution in [0.1, 0.15) is 56.0 Å². The molecule has 1 aliphatic carbocycles. The largest absolute Gasteiger partial charge is 0.396 e. The SMILES string of the molecule is CC(C)(C)CN(CCCO)C(=O)c1ccc(C2(C#N)CC2)cc1. The number of amides is 1. The molecular formula is C19H26N2O2. The first-order chi connectivity index (χ1) is 10.8. The van der Waals surface area contributed by atoms with Crippen molar-refractivity contribution in [2.24, 2.45) is 5.41 Å². The topological polar surface area (TPSA) is 64.3 Å². The van der Waals surface area contributed by atoms with Crippen LogP contribution in [0.2, 0.25) is 0 Å². The van der Waals surface area contributed by atoms with Crippen molar-refractivity contribution >= 4 is 5.91 Å². The molecule has 1 aliphatic rings. The van der Waals surface area contributed by atoms with Gasteiger partial charge in [-0.15, -0.1) is 0 Å². The molecule has 0 aliphatic heterocycles. The van der Waals surface area contributed by atoms with Gasteiger partial charge in [-0.1, -0.05) is 32.9 Å². The average molecular weight is 314 g/mol. The maximum Gasteiger partial charge on any atom is 0.253 e. The highest BCUT2D eigenvalue weighted by Gasteiger charge is 2.44. The zero-order valence-electron chi connectivity index (χ0n) is 14.3. The van der Waals surface area contributed by atoms with E-state index in [9.17, 15) is 10.1 Å². The summed E-state index contributed by atoms with van der Waals surface area (Å²) >= 11 is 0. The van der Waals surface area contributed by atoms with Crippen LogP contribution < -0.4 is 0 Å². The molecule has 0 radical (unpaired) electrons. The number of benzene rings is 1. The van der Waals surface area contributed by atoms with E-state index in [0.717, 1.165) is 18.4 Å². The predicted octanol–water partition coefficient (Wildman–Crippen LogP) is 3.11. The number of hydrogen-bond acceptors (Lipinski definition) is 3. The molecule has 0 unspecified atom stereocenters. The minimum Gasteiger partial charge on any atom is -0.396 e. The summed E-state index contributed by atoms with van der Waals surface area (Å²) in [5, 5.41) is 18.3. The molecule has 0 spiro atoms. The smallest absolute Gasteiger partial charge is 0.253 e. The third kappa shape index (κ3) is 4.33. The minimum atomic E-state index is -0.316. The quantitative estimate of drug-likeness (QED) is 0.877. The molecule has 1 aromatic rings. The number of carbonyl (C=O) groups excluding carboxylic acids is 1. The predicted molar refractivity (Wildman–Crippen MR) is 90.0 cm³/mol. The Labute approximate surface area is 138 Å². The van der Waals surface area contributed by atoms with Crippen molar-refractivity contribution in [2.75, 3.05) is 19.7 Å². The van der Waals surface area contributed by atoms with E-state index in [2.05, 4.69) is 26.8 Å². The highest BCUT2D eigenvalue weighted by Crippen LogP contribution is 2.47. The Balaban J connectivity index is 2.14. The second-order valence-corrected chi connectivity index (χ2v) is 7.64. The van der Waals surface area contributed by atoms with Gasteiger partial charge in [0.05, 0.1) is 11.5 Å². The van der Waals surface area contributed by atoms with Gasteiger partial charge in [0.25, 0.3) is 5.91 Å². The van der Waals surface area contributed by atoms with E-state index in [1.54, 1.807) is 0 Å². The van der Waals surface area contributed by atoms with E-state index >= 15 is 0 Å². The molecule has 0 aromatic heterocycles. The maximum absolute atomic E-state index is 12.8. The second-order valence-electron chi connectivity index (χ2n) is 7.64. The molecule has 0 heterocycles. The van der Waals surface area contributed by atoms with E-state index in [1.165, 1.54) is 0 Å². The number of hydrogen-bond donors (Lipinski definition) is 1. The maximum atomic E-state index is 12.8. The summed E-state index contributed by atoms with van der Waals surface area (Å²) in [6.45, 7) is 7.57. The Morgan fingerprint density at radius 1 is 1.30 bits per heavy atom. The lowest BCUT2D eigenvalue weighted by atomic mass is 9.94. The molecule has 0 atom stereocenters. The molecule has 4 nitrogen and oxygen atoms in total. The fourth-order valence-electron chi connectivity index (χ4n) is 2.79. The number of carbonyl (C=O) groups is 1. The van der Waals surface area contributed by atoms with Crippen molar-refractivity contribution in [2.45, 2.75) is 45.4 Å². The van der Waals surface area contributed by atoms with Gasteiger partial charge < -0.3 is 10.0 Å². The van der Waals surface area contributed by atoms with Gasteiger partial charge in [-0.05, 0) is 42.4 Å². The highest BCUT2D eigenvalue weighted by molar-refractivity contribution is 5.94. The molecule has 1 N–H and O–H groups in total. The standard InChI is InChI=1S/C19H26N2O2/c1-18(2,3)14-21(11-4-12-22)17(23)15-5-7-16(8-6-15)19(13-20)9-10-19/h5-8,22H,4,9-12,14H2,1-3H3. The van der Waals surface area contributed by atoms with Gasteiger partial charge in [-0.3, -0.25) is 4.79 Å². The highest BCUT2D eigenvalue weighted by atomic mass is 16.3.